The Morgan fingerprint density at radius 2 is 1.90 bits per heavy atom. The van der Waals surface area contributed by atoms with E-state index < -0.39 is 0 Å². The molecule has 0 fully saturated rings. The van der Waals surface area contributed by atoms with E-state index in [1.54, 1.807) is 6.20 Å². The second-order valence-electron chi connectivity index (χ2n) is 5.15. The lowest BCUT2D eigenvalue weighted by molar-refractivity contribution is 0.102. The van der Waals surface area contributed by atoms with Gasteiger partial charge in [-0.3, -0.25) is 4.79 Å². The van der Waals surface area contributed by atoms with E-state index >= 15 is 0 Å². The highest BCUT2D eigenvalue weighted by Gasteiger charge is 2.12. The van der Waals surface area contributed by atoms with Crippen LogP contribution in [0.3, 0.4) is 0 Å². The molecule has 1 aromatic heterocycles. The first-order chi connectivity index (χ1) is 10.1. The predicted octanol–water partition coefficient (Wildman–Crippen LogP) is 3.77. The third-order valence-corrected chi connectivity index (χ3v) is 3.14. The molecule has 0 spiro atoms. The first-order valence-electron chi connectivity index (χ1n) is 7.18. The number of amides is 1. The molecule has 0 saturated heterocycles. The standard InChI is InChI=1S/C17H21N3O/c1-4-8-18-15-10-12(2)5-6-14(15)17(21)20-16-11-13(3)7-9-19-16/h5-7,9-11,18H,4,8H2,1-3H3,(H,19,20,21). The van der Waals surface area contributed by atoms with Crippen molar-refractivity contribution in [3.63, 3.8) is 0 Å². The smallest absolute Gasteiger partial charge is 0.258 e. The van der Waals surface area contributed by atoms with Crippen molar-refractivity contribution in [2.45, 2.75) is 27.2 Å². The molecule has 1 heterocycles. The van der Waals surface area contributed by atoms with Gasteiger partial charge in [0.05, 0.1) is 5.56 Å². The van der Waals surface area contributed by atoms with Crippen molar-refractivity contribution in [1.29, 1.82) is 0 Å². The molecule has 1 aromatic carbocycles. The van der Waals surface area contributed by atoms with Gasteiger partial charge < -0.3 is 10.6 Å². The fourth-order valence-corrected chi connectivity index (χ4v) is 2.05. The van der Waals surface area contributed by atoms with Crippen molar-refractivity contribution >= 4 is 17.4 Å². The van der Waals surface area contributed by atoms with Crippen molar-refractivity contribution in [2.24, 2.45) is 0 Å². The van der Waals surface area contributed by atoms with Crippen LogP contribution in [0.25, 0.3) is 0 Å². The van der Waals surface area contributed by atoms with Crippen molar-refractivity contribution in [2.75, 3.05) is 17.2 Å². The Morgan fingerprint density at radius 3 is 2.62 bits per heavy atom. The molecule has 2 N–H and O–H groups in total. The lowest BCUT2D eigenvalue weighted by Gasteiger charge is -2.12. The second kappa shape index (κ2) is 6.88. The molecule has 21 heavy (non-hydrogen) atoms. The number of anilines is 2. The van der Waals surface area contributed by atoms with Crippen LogP contribution in [0.15, 0.2) is 36.5 Å². The number of hydrogen-bond acceptors (Lipinski definition) is 3. The van der Waals surface area contributed by atoms with E-state index in [9.17, 15) is 4.79 Å². The summed E-state index contributed by atoms with van der Waals surface area (Å²) in [7, 11) is 0. The maximum absolute atomic E-state index is 12.4. The molecule has 1 amide bonds. The lowest BCUT2D eigenvalue weighted by Crippen LogP contribution is -2.16. The molecule has 2 rings (SSSR count). The van der Waals surface area contributed by atoms with Crippen molar-refractivity contribution in [3.05, 3.63) is 53.2 Å². The summed E-state index contributed by atoms with van der Waals surface area (Å²) in [5, 5.41) is 6.15. The number of aryl methyl sites for hydroxylation is 2. The van der Waals surface area contributed by atoms with Gasteiger partial charge in [0.15, 0.2) is 0 Å². The van der Waals surface area contributed by atoms with Gasteiger partial charge in [-0.05, 0) is 55.7 Å². The fraction of sp³-hybridized carbons (Fsp3) is 0.294. The van der Waals surface area contributed by atoms with Gasteiger partial charge in [-0.1, -0.05) is 13.0 Å². The van der Waals surface area contributed by atoms with E-state index in [0.29, 0.717) is 11.4 Å². The van der Waals surface area contributed by atoms with Crippen LogP contribution in [0.4, 0.5) is 11.5 Å². The van der Waals surface area contributed by atoms with Crippen molar-refractivity contribution < 1.29 is 4.79 Å². The molecule has 0 bridgehead atoms. The topological polar surface area (TPSA) is 54.0 Å². The van der Waals surface area contributed by atoms with Crippen LogP contribution < -0.4 is 10.6 Å². The molecule has 0 saturated carbocycles. The van der Waals surface area contributed by atoms with E-state index in [-0.39, 0.29) is 5.91 Å². The molecule has 4 nitrogen and oxygen atoms in total. The van der Waals surface area contributed by atoms with Crippen LogP contribution in [0.2, 0.25) is 0 Å². The Kier molecular flexibility index (Phi) is 4.93. The van der Waals surface area contributed by atoms with Gasteiger partial charge in [0.1, 0.15) is 5.82 Å². The van der Waals surface area contributed by atoms with Crippen LogP contribution in [0.5, 0.6) is 0 Å². The number of nitrogens with zero attached hydrogens (tertiary/aromatic N) is 1. The number of aromatic nitrogens is 1. The van der Waals surface area contributed by atoms with Crippen molar-refractivity contribution in [3.8, 4) is 0 Å². The Balaban J connectivity index is 2.22. The third-order valence-electron chi connectivity index (χ3n) is 3.14. The van der Waals surface area contributed by atoms with Crippen LogP contribution in [-0.2, 0) is 0 Å². The maximum atomic E-state index is 12.4. The van der Waals surface area contributed by atoms with Crippen LogP contribution in [0, 0.1) is 13.8 Å². The quantitative estimate of drug-likeness (QED) is 0.878. The highest BCUT2D eigenvalue weighted by molar-refractivity contribution is 6.07. The molecule has 4 heteroatoms. The minimum Gasteiger partial charge on any atom is -0.384 e. The Hall–Kier alpha value is -2.36. The number of pyridine rings is 1. The first kappa shape index (κ1) is 15.0. The highest BCUT2D eigenvalue weighted by atomic mass is 16.1. The van der Waals surface area contributed by atoms with Gasteiger partial charge in [0, 0.05) is 18.4 Å². The van der Waals surface area contributed by atoms with Crippen LogP contribution in [-0.4, -0.2) is 17.4 Å². The highest BCUT2D eigenvalue weighted by Crippen LogP contribution is 2.19. The Bertz CT molecular complexity index is 638. The molecule has 110 valence electrons. The molecular weight excluding hydrogens is 262 g/mol. The molecule has 0 radical (unpaired) electrons. The van der Waals surface area contributed by atoms with Crippen LogP contribution >= 0.6 is 0 Å². The van der Waals surface area contributed by atoms with E-state index in [0.717, 1.165) is 29.8 Å². The molecule has 0 atom stereocenters. The first-order valence-corrected chi connectivity index (χ1v) is 7.18. The summed E-state index contributed by atoms with van der Waals surface area (Å²) >= 11 is 0. The monoisotopic (exact) mass is 283 g/mol. The van der Waals surface area contributed by atoms with Gasteiger partial charge in [0.25, 0.3) is 5.91 Å². The minimum atomic E-state index is -0.147. The van der Waals surface area contributed by atoms with E-state index in [1.165, 1.54) is 0 Å². The largest absolute Gasteiger partial charge is 0.384 e. The predicted molar refractivity (Wildman–Crippen MR) is 86.9 cm³/mol. The zero-order valence-corrected chi connectivity index (χ0v) is 12.7. The number of hydrogen-bond donors (Lipinski definition) is 2. The van der Waals surface area contributed by atoms with Gasteiger partial charge >= 0.3 is 0 Å². The summed E-state index contributed by atoms with van der Waals surface area (Å²) in [5.41, 5.74) is 3.69. The molecule has 0 aliphatic carbocycles. The Labute approximate surface area is 125 Å². The molecule has 2 aromatic rings. The normalized spacial score (nSPS) is 10.2. The average molecular weight is 283 g/mol. The van der Waals surface area contributed by atoms with Gasteiger partial charge in [-0.25, -0.2) is 4.98 Å². The summed E-state index contributed by atoms with van der Waals surface area (Å²) in [5.74, 6) is 0.425. The molecule has 0 aliphatic rings. The van der Waals surface area contributed by atoms with Gasteiger partial charge in [-0.2, -0.15) is 0 Å². The SMILES string of the molecule is CCCNc1cc(C)ccc1C(=O)Nc1cc(C)ccn1. The number of benzene rings is 1. The number of rotatable bonds is 5. The van der Waals surface area contributed by atoms with Crippen molar-refractivity contribution in [1.82, 2.24) is 4.98 Å². The minimum absolute atomic E-state index is 0.147. The summed E-state index contributed by atoms with van der Waals surface area (Å²) in [6, 6.07) is 9.53. The maximum Gasteiger partial charge on any atom is 0.258 e. The zero-order chi connectivity index (χ0) is 15.2. The summed E-state index contributed by atoms with van der Waals surface area (Å²) in [6.45, 7) is 6.92. The van der Waals surface area contributed by atoms with Gasteiger partial charge in [-0.15, -0.1) is 0 Å². The number of carbonyl (C=O) groups is 1. The number of nitrogens with one attached hydrogen (secondary N) is 2. The lowest BCUT2D eigenvalue weighted by atomic mass is 10.1. The third kappa shape index (κ3) is 4.05. The summed E-state index contributed by atoms with van der Waals surface area (Å²) < 4.78 is 0. The fourth-order valence-electron chi connectivity index (χ4n) is 2.05. The van der Waals surface area contributed by atoms with E-state index in [4.69, 9.17) is 0 Å². The van der Waals surface area contributed by atoms with Gasteiger partial charge in [0.2, 0.25) is 0 Å². The molecule has 0 unspecified atom stereocenters. The zero-order valence-electron chi connectivity index (χ0n) is 12.7. The summed E-state index contributed by atoms with van der Waals surface area (Å²) in [4.78, 5) is 16.6. The average Bonchev–Trinajstić information content (AvgIpc) is 2.45. The van der Waals surface area contributed by atoms with E-state index in [1.807, 2.05) is 44.2 Å². The van der Waals surface area contributed by atoms with E-state index in [2.05, 4.69) is 22.5 Å². The molecular formula is C17H21N3O. The molecule has 0 aliphatic heterocycles. The number of carbonyl (C=O) groups excluding carboxylic acids is 1. The summed E-state index contributed by atoms with van der Waals surface area (Å²) in [6.07, 6.45) is 2.70. The second-order valence-corrected chi connectivity index (χ2v) is 5.15. The Morgan fingerprint density at radius 1 is 1.14 bits per heavy atom. The van der Waals surface area contributed by atoms with Crippen LogP contribution in [0.1, 0.15) is 34.8 Å².